The molecule has 5 atom stereocenters. The third kappa shape index (κ3) is 3.30. The van der Waals surface area contributed by atoms with Crippen molar-refractivity contribution in [1.82, 2.24) is 10.2 Å². The summed E-state index contributed by atoms with van der Waals surface area (Å²) in [5.41, 5.74) is 1.40. The van der Waals surface area contributed by atoms with Gasteiger partial charge in [0.2, 0.25) is 0 Å². The highest BCUT2D eigenvalue weighted by Gasteiger charge is 2.73. The van der Waals surface area contributed by atoms with E-state index in [9.17, 15) is 9.90 Å². The molecule has 2 bridgehead atoms. The summed E-state index contributed by atoms with van der Waals surface area (Å²) in [6.45, 7) is 7.38. The first-order valence-corrected chi connectivity index (χ1v) is 12.4. The van der Waals surface area contributed by atoms with Crippen molar-refractivity contribution < 1.29 is 24.1 Å². The number of nitrogens with zero attached hydrogens (tertiary/aromatic N) is 1. The lowest BCUT2D eigenvalue weighted by molar-refractivity contribution is -0.203. The SMILES string of the molecule is CO[C@@]12CCC(NCCCC(=O)OC(C)(C)C)C3Oc4c(O)ccc5c4[C@@]31CCN(C)[C@@H]2C5. The first-order chi connectivity index (χ1) is 15.6. The fourth-order valence-corrected chi connectivity index (χ4v) is 7.26. The van der Waals surface area contributed by atoms with Crippen LogP contribution in [0.2, 0.25) is 0 Å². The maximum absolute atomic E-state index is 12.1. The van der Waals surface area contributed by atoms with Gasteiger partial charge in [-0.15, -0.1) is 0 Å². The van der Waals surface area contributed by atoms with E-state index in [2.05, 4.69) is 23.3 Å². The van der Waals surface area contributed by atoms with E-state index in [4.69, 9.17) is 14.2 Å². The quantitative estimate of drug-likeness (QED) is 0.501. The van der Waals surface area contributed by atoms with Crippen LogP contribution >= 0.6 is 0 Å². The van der Waals surface area contributed by atoms with Crippen LogP contribution in [0.15, 0.2) is 12.1 Å². The monoisotopic (exact) mass is 458 g/mol. The fourth-order valence-electron chi connectivity index (χ4n) is 7.26. The van der Waals surface area contributed by atoms with Crippen LogP contribution in [0.5, 0.6) is 11.5 Å². The van der Waals surface area contributed by atoms with Gasteiger partial charge >= 0.3 is 5.97 Å². The van der Waals surface area contributed by atoms with Gasteiger partial charge in [-0.2, -0.15) is 0 Å². The van der Waals surface area contributed by atoms with Crippen LogP contribution in [0.1, 0.15) is 64.0 Å². The number of methoxy groups -OCH3 is 1. The molecule has 2 aliphatic heterocycles. The summed E-state index contributed by atoms with van der Waals surface area (Å²) in [6, 6.07) is 4.28. The molecule has 1 saturated heterocycles. The largest absolute Gasteiger partial charge is 0.504 e. The van der Waals surface area contributed by atoms with Crippen molar-refractivity contribution in [3.63, 3.8) is 0 Å². The van der Waals surface area contributed by atoms with Crippen LogP contribution in [0.4, 0.5) is 0 Å². The second-order valence-electron chi connectivity index (χ2n) is 11.3. The Kier molecular flexibility index (Phi) is 5.46. The average Bonchev–Trinajstić information content (AvgIpc) is 3.10. The molecule has 7 nitrogen and oxygen atoms in total. The average molecular weight is 459 g/mol. The maximum Gasteiger partial charge on any atom is 0.306 e. The predicted molar refractivity (Wildman–Crippen MR) is 125 cm³/mol. The number of phenolic OH excluding ortho intramolecular Hbond substituents is 1. The number of ether oxygens (including phenoxy) is 3. The normalized spacial score (nSPS) is 34.5. The Labute approximate surface area is 196 Å². The van der Waals surface area contributed by atoms with Gasteiger partial charge in [-0.1, -0.05) is 6.07 Å². The zero-order chi connectivity index (χ0) is 23.6. The molecule has 182 valence electrons. The van der Waals surface area contributed by atoms with Crippen molar-refractivity contribution >= 4 is 5.97 Å². The smallest absolute Gasteiger partial charge is 0.306 e. The standard InChI is InChI=1S/C26H38N2O5/c1-24(2,3)33-20(30)7-6-13-27-17-10-11-26(31-5)19-15-16-8-9-18(29)22-21(16)25(26,23(17)32-22)12-14-28(19)4/h8-9,17,19,23,27,29H,6-7,10-15H2,1-5H3/t17?,19-,23?,25+,26-/m1/s1. The molecule has 1 aromatic carbocycles. The zero-order valence-electron chi connectivity index (χ0n) is 20.6. The van der Waals surface area contributed by atoms with E-state index < -0.39 is 5.60 Å². The Balaban J connectivity index is 1.40. The van der Waals surface area contributed by atoms with Crippen LogP contribution in [0.25, 0.3) is 0 Å². The van der Waals surface area contributed by atoms with Gasteiger partial charge in [0.05, 0.1) is 11.0 Å². The molecule has 1 saturated carbocycles. The van der Waals surface area contributed by atoms with Gasteiger partial charge in [0.25, 0.3) is 0 Å². The highest BCUT2D eigenvalue weighted by molar-refractivity contribution is 5.69. The van der Waals surface area contributed by atoms with Gasteiger partial charge in [-0.25, -0.2) is 0 Å². The van der Waals surface area contributed by atoms with Gasteiger partial charge < -0.3 is 29.5 Å². The van der Waals surface area contributed by atoms with E-state index in [1.54, 1.807) is 6.07 Å². The van der Waals surface area contributed by atoms with Gasteiger partial charge in [-0.3, -0.25) is 4.79 Å². The fraction of sp³-hybridized carbons (Fsp3) is 0.731. The van der Waals surface area contributed by atoms with Crippen molar-refractivity contribution in [2.24, 2.45) is 0 Å². The highest BCUT2D eigenvalue weighted by Crippen LogP contribution is 2.66. The summed E-state index contributed by atoms with van der Waals surface area (Å²) in [7, 11) is 4.06. The number of carbonyl (C=O) groups excluding carboxylic acids is 1. The molecule has 33 heavy (non-hydrogen) atoms. The summed E-state index contributed by atoms with van der Waals surface area (Å²) in [4.78, 5) is 14.5. The molecule has 2 unspecified atom stereocenters. The Morgan fingerprint density at radius 1 is 1.33 bits per heavy atom. The lowest BCUT2D eigenvalue weighted by Crippen LogP contribution is -2.78. The third-order valence-electron chi connectivity index (χ3n) is 8.44. The predicted octanol–water partition coefficient (Wildman–Crippen LogP) is 2.91. The molecule has 1 spiro atoms. The number of phenols is 1. The number of rotatable bonds is 6. The lowest BCUT2D eigenvalue weighted by atomic mass is 9.48. The summed E-state index contributed by atoms with van der Waals surface area (Å²) < 4.78 is 18.5. The number of nitrogens with one attached hydrogen (secondary N) is 1. The molecule has 2 N–H and O–H groups in total. The zero-order valence-corrected chi connectivity index (χ0v) is 20.6. The Hall–Kier alpha value is -1.83. The minimum atomic E-state index is -0.453. The number of likely N-dealkylation sites (tertiary alicyclic amines) is 1. The van der Waals surface area contributed by atoms with E-state index >= 15 is 0 Å². The molecule has 4 aliphatic rings. The number of piperidine rings is 1. The minimum Gasteiger partial charge on any atom is -0.504 e. The molecule has 5 rings (SSSR count). The molecular formula is C26H38N2O5. The number of likely N-dealkylation sites (N-methyl/N-ethyl adjacent to an activating group) is 1. The highest BCUT2D eigenvalue weighted by atomic mass is 16.6. The molecule has 0 aromatic heterocycles. The molecule has 2 aliphatic carbocycles. The van der Waals surface area contributed by atoms with Crippen LogP contribution in [-0.2, 0) is 26.1 Å². The van der Waals surface area contributed by atoms with Crippen molar-refractivity contribution in [2.45, 2.75) is 94.1 Å². The molecule has 0 amide bonds. The molecule has 7 heteroatoms. The number of carbonyl (C=O) groups is 1. The number of hydrogen-bond donors (Lipinski definition) is 2. The molecule has 2 fully saturated rings. The Morgan fingerprint density at radius 3 is 2.85 bits per heavy atom. The molecule has 1 aromatic rings. The second kappa shape index (κ2) is 7.85. The topological polar surface area (TPSA) is 80.3 Å². The van der Waals surface area contributed by atoms with Gasteiger partial charge in [0.1, 0.15) is 11.7 Å². The minimum absolute atomic E-state index is 0.105. The van der Waals surface area contributed by atoms with E-state index in [0.29, 0.717) is 18.2 Å². The number of hydrogen-bond acceptors (Lipinski definition) is 7. The third-order valence-corrected chi connectivity index (χ3v) is 8.44. The van der Waals surface area contributed by atoms with Gasteiger partial charge in [0, 0.05) is 31.2 Å². The Bertz CT molecular complexity index is 943. The first kappa shape index (κ1) is 22.9. The van der Waals surface area contributed by atoms with E-state index in [1.807, 2.05) is 27.9 Å². The molecule has 2 heterocycles. The van der Waals surface area contributed by atoms with E-state index in [1.165, 1.54) is 11.1 Å². The van der Waals surface area contributed by atoms with Crippen molar-refractivity contribution in [1.29, 1.82) is 0 Å². The maximum atomic E-state index is 12.1. The van der Waals surface area contributed by atoms with Gasteiger partial charge in [-0.05, 0) is 84.6 Å². The first-order valence-electron chi connectivity index (χ1n) is 12.4. The van der Waals surface area contributed by atoms with Gasteiger partial charge in [0.15, 0.2) is 11.5 Å². The van der Waals surface area contributed by atoms with E-state index in [-0.39, 0.29) is 34.9 Å². The van der Waals surface area contributed by atoms with E-state index in [0.717, 1.165) is 45.2 Å². The summed E-state index contributed by atoms with van der Waals surface area (Å²) >= 11 is 0. The molecule has 0 radical (unpaired) electrons. The summed E-state index contributed by atoms with van der Waals surface area (Å²) in [6.07, 6.45) is 4.74. The number of esters is 1. The Morgan fingerprint density at radius 2 is 2.12 bits per heavy atom. The summed E-state index contributed by atoms with van der Waals surface area (Å²) in [5, 5.41) is 14.4. The second-order valence-corrected chi connectivity index (χ2v) is 11.3. The number of benzene rings is 1. The van der Waals surface area contributed by atoms with Crippen LogP contribution in [0, 0.1) is 0 Å². The lowest BCUT2D eigenvalue weighted by Gasteiger charge is -2.65. The number of aromatic hydroxyl groups is 1. The van der Waals surface area contributed by atoms with Crippen molar-refractivity contribution in [3.05, 3.63) is 23.3 Å². The summed E-state index contributed by atoms with van der Waals surface area (Å²) in [5.74, 6) is 0.724. The van der Waals surface area contributed by atoms with Crippen LogP contribution in [0.3, 0.4) is 0 Å². The van der Waals surface area contributed by atoms with Crippen LogP contribution < -0.4 is 10.1 Å². The molecular weight excluding hydrogens is 420 g/mol. The van der Waals surface area contributed by atoms with Crippen LogP contribution in [-0.4, -0.2) is 72.6 Å². The van der Waals surface area contributed by atoms with Crippen molar-refractivity contribution in [3.8, 4) is 11.5 Å². The van der Waals surface area contributed by atoms with Crippen molar-refractivity contribution in [2.75, 3.05) is 27.2 Å².